The largest absolute Gasteiger partial charge is 0.481 e. The van der Waals surface area contributed by atoms with E-state index in [-0.39, 0.29) is 17.0 Å². The van der Waals surface area contributed by atoms with Crippen molar-refractivity contribution < 1.29 is 23.1 Å². The van der Waals surface area contributed by atoms with Gasteiger partial charge in [0.25, 0.3) is 5.91 Å². The molecular weight excluding hydrogens is 294 g/mol. The molecule has 0 aromatic heterocycles. The number of likely N-dealkylation sites (tertiary alicyclic amines) is 1. The van der Waals surface area contributed by atoms with Gasteiger partial charge in [0.15, 0.2) is 9.84 Å². The van der Waals surface area contributed by atoms with Crippen LogP contribution in [0.3, 0.4) is 0 Å². The number of hydrogen-bond acceptors (Lipinski definition) is 4. The number of carbonyl (C=O) groups excluding carboxylic acids is 1. The minimum absolute atomic E-state index is 0.0209. The molecule has 1 aliphatic rings. The Morgan fingerprint density at radius 1 is 1.29 bits per heavy atom. The molecule has 114 valence electrons. The molecular formula is C14H17NO5S. The van der Waals surface area contributed by atoms with E-state index in [1.165, 1.54) is 17.0 Å². The van der Waals surface area contributed by atoms with E-state index in [1.807, 2.05) is 0 Å². The van der Waals surface area contributed by atoms with Crippen LogP contribution >= 0.6 is 0 Å². The van der Waals surface area contributed by atoms with Gasteiger partial charge in [-0.1, -0.05) is 12.1 Å². The molecule has 21 heavy (non-hydrogen) atoms. The lowest BCUT2D eigenvalue weighted by molar-refractivity contribution is -0.143. The Morgan fingerprint density at radius 3 is 2.57 bits per heavy atom. The summed E-state index contributed by atoms with van der Waals surface area (Å²) in [5, 5.41) is 9.06. The predicted octanol–water partition coefficient (Wildman–Crippen LogP) is 1.03. The zero-order valence-electron chi connectivity index (χ0n) is 11.7. The Balaban J connectivity index is 2.31. The molecule has 1 fully saturated rings. The second-order valence-corrected chi connectivity index (χ2v) is 7.18. The molecule has 1 unspecified atom stereocenters. The molecule has 1 saturated heterocycles. The maximum atomic E-state index is 12.5. The second kappa shape index (κ2) is 5.85. The molecule has 7 heteroatoms. The van der Waals surface area contributed by atoms with Crippen LogP contribution in [0.4, 0.5) is 0 Å². The molecule has 1 amide bonds. The maximum absolute atomic E-state index is 12.5. The molecule has 1 aromatic carbocycles. The number of sulfone groups is 1. The highest BCUT2D eigenvalue weighted by Gasteiger charge is 2.30. The molecule has 1 heterocycles. The van der Waals surface area contributed by atoms with E-state index in [1.54, 1.807) is 12.1 Å². The van der Waals surface area contributed by atoms with Crippen molar-refractivity contribution in [3.8, 4) is 0 Å². The van der Waals surface area contributed by atoms with Gasteiger partial charge in [-0.3, -0.25) is 9.59 Å². The van der Waals surface area contributed by atoms with Crippen LogP contribution in [0, 0.1) is 5.92 Å². The fourth-order valence-electron chi connectivity index (χ4n) is 2.50. The number of carboxylic acid groups (broad SMARTS) is 1. The van der Waals surface area contributed by atoms with Crippen molar-refractivity contribution >= 4 is 21.7 Å². The third-order valence-corrected chi connectivity index (χ3v) is 4.73. The SMILES string of the molecule is CS(=O)(=O)c1ccccc1C(=O)N1CCCC(C(=O)O)C1. The first-order chi connectivity index (χ1) is 9.80. The van der Waals surface area contributed by atoms with Gasteiger partial charge >= 0.3 is 5.97 Å². The van der Waals surface area contributed by atoms with E-state index in [2.05, 4.69) is 0 Å². The molecule has 0 saturated carbocycles. The van der Waals surface area contributed by atoms with Crippen LogP contribution in [0.15, 0.2) is 29.2 Å². The summed E-state index contributed by atoms with van der Waals surface area (Å²) in [5.41, 5.74) is 0.103. The lowest BCUT2D eigenvalue weighted by atomic mass is 9.97. The van der Waals surface area contributed by atoms with E-state index < -0.39 is 27.6 Å². The highest BCUT2D eigenvalue weighted by atomic mass is 32.2. The molecule has 1 aromatic rings. The lowest BCUT2D eigenvalue weighted by Gasteiger charge is -2.31. The topological polar surface area (TPSA) is 91.8 Å². The minimum atomic E-state index is -3.51. The molecule has 1 atom stereocenters. The minimum Gasteiger partial charge on any atom is -0.481 e. The van der Waals surface area contributed by atoms with Gasteiger partial charge in [0.2, 0.25) is 0 Å². The van der Waals surface area contributed by atoms with E-state index in [9.17, 15) is 18.0 Å². The van der Waals surface area contributed by atoms with Gasteiger partial charge in [0.05, 0.1) is 16.4 Å². The van der Waals surface area contributed by atoms with E-state index in [4.69, 9.17) is 5.11 Å². The fourth-order valence-corrected chi connectivity index (χ4v) is 3.38. The van der Waals surface area contributed by atoms with Gasteiger partial charge in [0.1, 0.15) is 0 Å². The third kappa shape index (κ3) is 3.41. The van der Waals surface area contributed by atoms with Crippen molar-refractivity contribution in [2.45, 2.75) is 17.7 Å². The molecule has 0 bridgehead atoms. The number of aliphatic carboxylic acids is 1. The first-order valence-electron chi connectivity index (χ1n) is 6.62. The smallest absolute Gasteiger partial charge is 0.308 e. The van der Waals surface area contributed by atoms with Crippen molar-refractivity contribution in [2.24, 2.45) is 5.92 Å². The first-order valence-corrected chi connectivity index (χ1v) is 8.51. The van der Waals surface area contributed by atoms with Crippen molar-refractivity contribution in [2.75, 3.05) is 19.3 Å². The molecule has 0 radical (unpaired) electrons. The average molecular weight is 311 g/mol. The van der Waals surface area contributed by atoms with E-state index in [0.717, 1.165) is 6.26 Å². The van der Waals surface area contributed by atoms with Crippen LogP contribution in [0.25, 0.3) is 0 Å². The lowest BCUT2D eigenvalue weighted by Crippen LogP contribution is -2.42. The number of hydrogen-bond donors (Lipinski definition) is 1. The number of rotatable bonds is 3. The molecule has 0 spiro atoms. The summed E-state index contributed by atoms with van der Waals surface area (Å²) >= 11 is 0. The predicted molar refractivity (Wildman–Crippen MR) is 75.8 cm³/mol. The summed E-state index contributed by atoms with van der Waals surface area (Å²) in [6, 6.07) is 6.01. The van der Waals surface area contributed by atoms with Crippen LogP contribution in [0.5, 0.6) is 0 Å². The third-order valence-electron chi connectivity index (χ3n) is 3.57. The van der Waals surface area contributed by atoms with Crippen molar-refractivity contribution in [1.82, 2.24) is 4.90 Å². The quantitative estimate of drug-likeness (QED) is 0.900. The summed E-state index contributed by atoms with van der Waals surface area (Å²) in [5.74, 6) is -1.95. The molecule has 1 aliphatic heterocycles. The van der Waals surface area contributed by atoms with Gasteiger partial charge in [-0.15, -0.1) is 0 Å². The Bertz CT molecular complexity index is 668. The summed E-state index contributed by atoms with van der Waals surface area (Å²) < 4.78 is 23.5. The van der Waals surface area contributed by atoms with E-state index in [0.29, 0.717) is 19.4 Å². The maximum Gasteiger partial charge on any atom is 0.308 e. The second-order valence-electron chi connectivity index (χ2n) is 5.20. The van der Waals surface area contributed by atoms with Gasteiger partial charge in [-0.25, -0.2) is 8.42 Å². The molecule has 1 N–H and O–H groups in total. The van der Waals surface area contributed by atoms with Gasteiger partial charge in [0, 0.05) is 19.3 Å². The van der Waals surface area contributed by atoms with Crippen LogP contribution in [-0.4, -0.2) is 49.6 Å². The highest BCUT2D eigenvalue weighted by molar-refractivity contribution is 7.90. The van der Waals surface area contributed by atoms with Crippen molar-refractivity contribution in [3.63, 3.8) is 0 Å². The number of carboxylic acids is 1. The zero-order chi connectivity index (χ0) is 15.6. The number of carbonyl (C=O) groups is 2. The molecule has 2 rings (SSSR count). The van der Waals surface area contributed by atoms with Crippen LogP contribution in [-0.2, 0) is 14.6 Å². The summed E-state index contributed by atoms with van der Waals surface area (Å²) in [7, 11) is -3.51. The molecule has 0 aliphatic carbocycles. The Labute approximate surface area is 123 Å². The molecule has 6 nitrogen and oxygen atoms in total. The Hall–Kier alpha value is -1.89. The van der Waals surface area contributed by atoms with Gasteiger partial charge in [-0.05, 0) is 25.0 Å². The monoisotopic (exact) mass is 311 g/mol. The standard InChI is InChI=1S/C14H17NO5S/c1-21(19,20)12-7-3-2-6-11(12)13(16)15-8-4-5-10(9-15)14(17)18/h2-3,6-7,10H,4-5,8-9H2,1H3,(H,17,18). The van der Waals surface area contributed by atoms with Crippen LogP contribution in [0.1, 0.15) is 23.2 Å². The van der Waals surface area contributed by atoms with E-state index >= 15 is 0 Å². The van der Waals surface area contributed by atoms with Crippen molar-refractivity contribution in [1.29, 1.82) is 0 Å². The summed E-state index contributed by atoms with van der Waals surface area (Å²) in [6.45, 7) is 0.562. The van der Waals surface area contributed by atoms with Crippen molar-refractivity contribution in [3.05, 3.63) is 29.8 Å². The van der Waals surface area contributed by atoms with Gasteiger partial charge < -0.3 is 10.0 Å². The first kappa shape index (κ1) is 15.5. The Morgan fingerprint density at radius 2 is 1.95 bits per heavy atom. The number of piperidine rings is 1. The number of amides is 1. The normalized spacial score (nSPS) is 19.3. The fraction of sp³-hybridized carbons (Fsp3) is 0.429. The number of benzene rings is 1. The zero-order valence-corrected chi connectivity index (χ0v) is 12.5. The summed E-state index contributed by atoms with van der Waals surface area (Å²) in [6.07, 6.45) is 2.19. The average Bonchev–Trinajstić information content (AvgIpc) is 2.45. The summed E-state index contributed by atoms with van der Waals surface area (Å²) in [4.78, 5) is 25.0. The van der Waals surface area contributed by atoms with Crippen LogP contribution < -0.4 is 0 Å². The van der Waals surface area contributed by atoms with Crippen LogP contribution in [0.2, 0.25) is 0 Å². The van der Waals surface area contributed by atoms with Gasteiger partial charge in [-0.2, -0.15) is 0 Å². The number of nitrogens with zero attached hydrogens (tertiary/aromatic N) is 1. The Kier molecular flexibility index (Phi) is 4.32. The highest BCUT2D eigenvalue weighted by Crippen LogP contribution is 2.22.